The van der Waals surface area contributed by atoms with Gasteiger partial charge < -0.3 is 0 Å². The van der Waals surface area contributed by atoms with Gasteiger partial charge in [-0.1, -0.05) is 30.3 Å². The van der Waals surface area contributed by atoms with E-state index in [0.717, 1.165) is 5.71 Å². The van der Waals surface area contributed by atoms with Crippen LogP contribution in [0.15, 0.2) is 41.4 Å². The van der Waals surface area contributed by atoms with Gasteiger partial charge in [0.1, 0.15) is 0 Å². The van der Waals surface area contributed by atoms with Crippen LogP contribution >= 0.6 is 0 Å². The van der Waals surface area contributed by atoms with E-state index in [2.05, 4.69) is 30.1 Å². The Labute approximate surface area is 79.8 Å². The van der Waals surface area contributed by atoms with E-state index in [0.29, 0.717) is 0 Å². The van der Waals surface area contributed by atoms with E-state index in [9.17, 15) is 0 Å². The van der Waals surface area contributed by atoms with Crippen LogP contribution in [0.2, 0.25) is 0 Å². The summed E-state index contributed by atoms with van der Waals surface area (Å²) < 4.78 is 0. The third-order valence-electron chi connectivity index (χ3n) is 2.01. The Balaban J connectivity index is 2.92. The number of nitrogens with zero attached hydrogens (tertiary/aromatic N) is 1. The van der Waals surface area contributed by atoms with Gasteiger partial charge in [-0.3, -0.25) is 4.99 Å². The van der Waals surface area contributed by atoms with Crippen molar-refractivity contribution in [3.63, 3.8) is 0 Å². The third kappa shape index (κ3) is 2.86. The lowest BCUT2D eigenvalue weighted by Crippen LogP contribution is -1.86. The molecule has 13 heavy (non-hydrogen) atoms. The van der Waals surface area contributed by atoms with E-state index in [1.54, 1.807) is 0 Å². The van der Waals surface area contributed by atoms with E-state index in [-0.39, 0.29) is 0 Å². The molecular formula is C12H15N. The van der Waals surface area contributed by atoms with Gasteiger partial charge in [-0.25, -0.2) is 0 Å². The summed E-state index contributed by atoms with van der Waals surface area (Å²) in [4.78, 5) is 4.09. The number of hydrogen-bond donors (Lipinski definition) is 0. The second-order valence-corrected chi connectivity index (χ2v) is 3.06. The highest BCUT2D eigenvalue weighted by molar-refractivity contribution is 5.98. The second kappa shape index (κ2) is 4.61. The molecule has 0 spiro atoms. The predicted molar refractivity (Wildman–Crippen MR) is 59.1 cm³/mol. The topological polar surface area (TPSA) is 12.4 Å². The molecular weight excluding hydrogens is 158 g/mol. The Morgan fingerprint density at radius 1 is 1.15 bits per heavy atom. The highest BCUT2D eigenvalue weighted by Gasteiger charge is 1.93. The molecule has 0 unspecified atom stereocenters. The van der Waals surface area contributed by atoms with Crippen molar-refractivity contribution in [3.8, 4) is 0 Å². The van der Waals surface area contributed by atoms with Gasteiger partial charge in [-0.05, 0) is 31.1 Å². The average molecular weight is 173 g/mol. The molecule has 1 heteroatoms. The zero-order chi connectivity index (χ0) is 9.68. The first-order chi connectivity index (χ1) is 6.24. The second-order valence-electron chi connectivity index (χ2n) is 3.06. The summed E-state index contributed by atoms with van der Waals surface area (Å²) in [5, 5.41) is 0. The maximum atomic E-state index is 4.09. The maximum absolute atomic E-state index is 4.09. The summed E-state index contributed by atoms with van der Waals surface area (Å²) in [6.07, 6.45) is 2.09. The van der Waals surface area contributed by atoms with Gasteiger partial charge in [0.25, 0.3) is 0 Å². The van der Waals surface area contributed by atoms with Gasteiger partial charge in [-0.2, -0.15) is 0 Å². The van der Waals surface area contributed by atoms with Gasteiger partial charge in [0.15, 0.2) is 0 Å². The lowest BCUT2D eigenvalue weighted by Gasteiger charge is -2.00. The largest absolute Gasteiger partial charge is 0.293 e. The standard InChI is InChI=1S/C12H15N/c1-10(9-11(2)13-3)12-7-5-4-6-8-12/h4-9H,1-3H3/b10-9+,13-11?. The van der Waals surface area contributed by atoms with Gasteiger partial charge in [-0.15, -0.1) is 0 Å². The molecule has 0 N–H and O–H groups in total. The quantitative estimate of drug-likeness (QED) is 0.609. The molecule has 0 atom stereocenters. The fourth-order valence-electron chi connectivity index (χ4n) is 1.16. The number of rotatable bonds is 2. The van der Waals surface area contributed by atoms with Crippen molar-refractivity contribution >= 4 is 11.3 Å². The van der Waals surface area contributed by atoms with E-state index in [1.807, 2.05) is 32.2 Å². The van der Waals surface area contributed by atoms with Gasteiger partial charge in [0.05, 0.1) is 0 Å². The fraction of sp³-hybridized carbons (Fsp3) is 0.250. The molecule has 1 nitrogen and oxygen atoms in total. The maximum Gasteiger partial charge on any atom is 0.0316 e. The molecule has 0 aliphatic heterocycles. The molecule has 0 aliphatic rings. The van der Waals surface area contributed by atoms with Crippen LogP contribution < -0.4 is 0 Å². The summed E-state index contributed by atoms with van der Waals surface area (Å²) in [7, 11) is 1.81. The van der Waals surface area contributed by atoms with E-state index in [4.69, 9.17) is 0 Å². The average Bonchev–Trinajstić information content (AvgIpc) is 2.19. The van der Waals surface area contributed by atoms with E-state index in [1.165, 1.54) is 11.1 Å². The van der Waals surface area contributed by atoms with Crippen molar-refractivity contribution in [2.75, 3.05) is 7.05 Å². The lowest BCUT2D eigenvalue weighted by molar-refractivity contribution is 1.43. The molecule has 0 saturated heterocycles. The van der Waals surface area contributed by atoms with E-state index < -0.39 is 0 Å². The van der Waals surface area contributed by atoms with Crippen molar-refractivity contribution in [1.29, 1.82) is 0 Å². The Bertz CT molecular complexity index is 320. The molecule has 0 aliphatic carbocycles. The van der Waals surface area contributed by atoms with Crippen LogP contribution in [0.25, 0.3) is 5.57 Å². The predicted octanol–water partition coefficient (Wildman–Crippen LogP) is 3.18. The molecule has 1 aromatic rings. The number of benzene rings is 1. The summed E-state index contributed by atoms with van der Waals surface area (Å²) in [6, 6.07) is 10.3. The van der Waals surface area contributed by atoms with Crippen LogP contribution in [-0.2, 0) is 0 Å². The zero-order valence-electron chi connectivity index (χ0n) is 8.41. The van der Waals surface area contributed by atoms with Crippen LogP contribution in [0, 0.1) is 0 Å². The van der Waals surface area contributed by atoms with Crippen molar-refractivity contribution in [1.82, 2.24) is 0 Å². The first kappa shape index (κ1) is 9.72. The smallest absolute Gasteiger partial charge is 0.0316 e. The molecule has 0 amide bonds. The molecule has 0 aromatic heterocycles. The van der Waals surface area contributed by atoms with Crippen molar-refractivity contribution in [2.24, 2.45) is 4.99 Å². The summed E-state index contributed by atoms with van der Waals surface area (Å²) >= 11 is 0. The molecule has 1 rings (SSSR count). The van der Waals surface area contributed by atoms with Crippen LogP contribution in [-0.4, -0.2) is 12.8 Å². The van der Waals surface area contributed by atoms with Crippen molar-refractivity contribution < 1.29 is 0 Å². The Morgan fingerprint density at radius 3 is 2.31 bits per heavy atom. The molecule has 0 fully saturated rings. The fourth-order valence-corrected chi connectivity index (χ4v) is 1.16. The molecule has 0 heterocycles. The monoisotopic (exact) mass is 173 g/mol. The van der Waals surface area contributed by atoms with Crippen LogP contribution in [0.4, 0.5) is 0 Å². The minimum absolute atomic E-state index is 1.06. The highest BCUT2D eigenvalue weighted by Crippen LogP contribution is 2.12. The molecule has 68 valence electrons. The van der Waals surface area contributed by atoms with Gasteiger partial charge in [0.2, 0.25) is 0 Å². The Hall–Kier alpha value is -1.37. The molecule has 0 saturated carbocycles. The highest BCUT2D eigenvalue weighted by atomic mass is 14.7. The van der Waals surface area contributed by atoms with Gasteiger partial charge >= 0.3 is 0 Å². The first-order valence-electron chi connectivity index (χ1n) is 4.41. The minimum atomic E-state index is 1.06. The molecule has 0 radical (unpaired) electrons. The van der Waals surface area contributed by atoms with Gasteiger partial charge in [0, 0.05) is 12.8 Å². The van der Waals surface area contributed by atoms with E-state index >= 15 is 0 Å². The number of allylic oxidation sites excluding steroid dienone is 2. The SMILES string of the molecule is CN=C(C)/C=C(\C)c1ccccc1. The van der Waals surface area contributed by atoms with Crippen LogP contribution in [0.1, 0.15) is 19.4 Å². The van der Waals surface area contributed by atoms with Crippen molar-refractivity contribution in [2.45, 2.75) is 13.8 Å². The summed E-state index contributed by atoms with van der Waals surface area (Å²) in [5.74, 6) is 0. The summed E-state index contributed by atoms with van der Waals surface area (Å²) in [6.45, 7) is 4.11. The normalized spacial score (nSPS) is 13.2. The van der Waals surface area contributed by atoms with Crippen LogP contribution in [0.5, 0.6) is 0 Å². The Morgan fingerprint density at radius 2 is 1.77 bits per heavy atom. The summed E-state index contributed by atoms with van der Waals surface area (Å²) in [5.41, 5.74) is 3.57. The number of aliphatic imine (C=N–C) groups is 1. The Kier molecular flexibility index (Phi) is 3.44. The number of hydrogen-bond acceptors (Lipinski definition) is 1. The zero-order valence-corrected chi connectivity index (χ0v) is 8.41. The first-order valence-corrected chi connectivity index (χ1v) is 4.41. The van der Waals surface area contributed by atoms with Crippen molar-refractivity contribution in [3.05, 3.63) is 42.0 Å². The van der Waals surface area contributed by atoms with Crippen LogP contribution in [0.3, 0.4) is 0 Å². The molecule has 1 aromatic carbocycles. The minimum Gasteiger partial charge on any atom is -0.293 e. The lowest BCUT2D eigenvalue weighted by atomic mass is 10.1. The molecule has 0 bridgehead atoms. The third-order valence-corrected chi connectivity index (χ3v) is 2.01.